The first-order valence-electron chi connectivity index (χ1n) is 27.7. The number of benzene rings is 8. The molecule has 0 bridgehead atoms. The fourth-order valence-electron chi connectivity index (χ4n) is 11.2. The van der Waals surface area contributed by atoms with E-state index in [1.165, 1.54) is 0 Å². The van der Waals surface area contributed by atoms with Crippen LogP contribution in [0.3, 0.4) is 0 Å². The van der Waals surface area contributed by atoms with E-state index in [4.69, 9.17) is 28.1 Å². The van der Waals surface area contributed by atoms with Crippen molar-refractivity contribution in [3.8, 4) is 11.1 Å². The quantitative estimate of drug-likeness (QED) is 0.0418. The van der Waals surface area contributed by atoms with Crippen LogP contribution in [0.5, 0.6) is 0 Å². The van der Waals surface area contributed by atoms with Crippen LogP contribution in [0.15, 0.2) is 231 Å². The van der Waals surface area contributed by atoms with Gasteiger partial charge in [0.2, 0.25) is 0 Å². The van der Waals surface area contributed by atoms with Gasteiger partial charge in [-0.25, -0.2) is 4.79 Å². The molecule has 0 fully saturated rings. The third-order valence-electron chi connectivity index (χ3n) is 15.0. The van der Waals surface area contributed by atoms with Crippen LogP contribution in [0.2, 0.25) is 5.04 Å². The predicted molar refractivity (Wildman–Crippen MR) is 317 cm³/mol. The zero-order chi connectivity index (χ0) is 55.7. The highest BCUT2D eigenvalue weighted by molar-refractivity contribution is 6.99. The molecule has 0 heterocycles. The molecule has 1 N–H and O–H groups in total. The maximum absolute atomic E-state index is 15.6. The topological polar surface area (TPSA) is 113 Å². The summed E-state index contributed by atoms with van der Waals surface area (Å²) in [6.45, 7) is 8.47. The van der Waals surface area contributed by atoms with Gasteiger partial charge in [0.1, 0.15) is 31.0 Å². The number of ether oxygens (including phenoxy) is 5. The largest absolute Gasteiger partial charge is 0.466 e. The summed E-state index contributed by atoms with van der Waals surface area (Å²) in [6, 6.07) is 74.7. The minimum absolute atomic E-state index is 0.0211. The van der Waals surface area contributed by atoms with E-state index >= 15 is 4.79 Å². The predicted octanol–water partition coefficient (Wildman–Crippen LogP) is 12.5. The molecule has 80 heavy (non-hydrogen) atoms. The molecule has 0 saturated carbocycles. The van der Waals surface area contributed by atoms with E-state index in [-0.39, 0.29) is 58.5 Å². The Labute approximate surface area is 473 Å². The Kier molecular flexibility index (Phi) is 19.7. The van der Waals surface area contributed by atoms with Crippen LogP contribution in [0.4, 0.5) is 4.79 Å². The summed E-state index contributed by atoms with van der Waals surface area (Å²) < 4.78 is 41.5. The first-order chi connectivity index (χ1) is 39.0. The fraction of sp³-hybridized carbons (Fsp3) is 0.275. The van der Waals surface area contributed by atoms with E-state index in [9.17, 15) is 9.90 Å². The van der Waals surface area contributed by atoms with Crippen molar-refractivity contribution in [1.82, 2.24) is 4.90 Å². The third kappa shape index (κ3) is 13.9. The Bertz CT molecular complexity index is 3080. The van der Waals surface area contributed by atoms with Crippen LogP contribution >= 0.6 is 0 Å². The van der Waals surface area contributed by atoms with E-state index in [1.807, 2.05) is 182 Å². The lowest BCUT2D eigenvalue weighted by molar-refractivity contribution is -0.197. The van der Waals surface area contributed by atoms with E-state index < -0.39 is 55.9 Å². The van der Waals surface area contributed by atoms with Crippen molar-refractivity contribution in [1.29, 1.82) is 0 Å². The van der Waals surface area contributed by atoms with Crippen molar-refractivity contribution >= 4 is 30.8 Å². The van der Waals surface area contributed by atoms with Crippen LogP contribution < -0.4 is 10.4 Å². The first kappa shape index (κ1) is 57.2. The van der Waals surface area contributed by atoms with Crippen molar-refractivity contribution < 1.29 is 42.8 Å². The third-order valence-corrected chi connectivity index (χ3v) is 20.0. The summed E-state index contributed by atoms with van der Waals surface area (Å²) in [5.74, 6) is -0.809. The number of aliphatic hydroxyl groups is 1. The monoisotopic (exact) mass is 1090 g/mol. The number of hydrogen-bond donors (Lipinski definition) is 1. The molecule has 0 unspecified atom stereocenters. The molecule has 9 rings (SSSR count). The van der Waals surface area contributed by atoms with Gasteiger partial charge in [0, 0.05) is 12.5 Å². The van der Waals surface area contributed by atoms with E-state index in [0.717, 1.165) is 54.9 Å². The zero-order valence-corrected chi connectivity index (χ0v) is 47.2. The molecule has 0 saturated heterocycles. The van der Waals surface area contributed by atoms with Gasteiger partial charge in [0.25, 0.3) is 8.32 Å². The summed E-state index contributed by atoms with van der Waals surface area (Å²) in [6.07, 6.45) is -5.96. The SMILES string of the molecule is CCOC(=O)C[C@@H]([C@H](OCc1ccccc1)[C@@H](OCc1ccccc1)[C@H](OCc1ccccc1)[C@H](O)CO[Si](c1ccccc1)(c1ccccc1)C(C)(C)C)N(Cc1ccccc1)C(=O)OCC1c2ccccc2-c2ccccc21. The first-order valence-corrected chi connectivity index (χ1v) is 29.7. The molecule has 5 atom stereocenters. The average molecular weight is 1090 g/mol. The molecule has 0 radical (unpaired) electrons. The van der Waals surface area contributed by atoms with Crippen molar-refractivity contribution in [2.75, 3.05) is 19.8 Å². The number of hydrogen-bond acceptors (Lipinski definition) is 9. The van der Waals surface area contributed by atoms with Gasteiger partial charge < -0.3 is 33.2 Å². The molecular weight excluding hydrogens is 1010 g/mol. The van der Waals surface area contributed by atoms with Crippen LogP contribution in [0.25, 0.3) is 11.1 Å². The highest BCUT2D eigenvalue weighted by atomic mass is 28.4. The summed E-state index contributed by atoms with van der Waals surface area (Å²) in [7, 11) is -3.25. The van der Waals surface area contributed by atoms with E-state index in [1.54, 1.807) is 11.8 Å². The number of rotatable bonds is 26. The fourth-order valence-corrected chi connectivity index (χ4v) is 15.7. The molecule has 10 nitrogen and oxygen atoms in total. The molecule has 8 aromatic carbocycles. The molecular formula is C69H73NO9Si. The molecule has 0 aromatic heterocycles. The Hall–Kier alpha value is -7.48. The normalized spacial score (nSPS) is 14.2. The lowest BCUT2D eigenvalue weighted by Crippen LogP contribution is -2.67. The van der Waals surface area contributed by atoms with Crippen LogP contribution in [-0.4, -0.2) is 80.7 Å². The van der Waals surface area contributed by atoms with Gasteiger partial charge in [-0.3, -0.25) is 9.69 Å². The van der Waals surface area contributed by atoms with Crippen molar-refractivity contribution in [2.45, 2.75) is 102 Å². The maximum atomic E-state index is 15.6. The second-order valence-electron chi connectivity index (χ2n) is 21.3. The Morgan fingerprint density at radius 1 is 0.512 bits per heavy atom. The second-order valence-corrected chi connectivity index (χ2v) is 25.6. The summed E-state index contributed by atoms with van der Waals surface area (Å²) >= 11 is 0. The van der Waals surface area contributed by atoms with Crippen molar-refractivity contribution in [3.63, 3.8) is 0 Å². The molecule has 1 aliphatic rings. The molecule has 8 aromatic rings. The van der Waals surface area contributed by atoms with Crippen LogP contribution in [0.1, 0.15) is 73.4 Å². The minimum atomic E-state index is -3.25. The van der Waals surface area contributed by atoms with E-state index in [2.05, 4.69) is 69.3 Å². The number of carbonyl (C=O) groups is 2. The summed E-state index contributed by atoms with van der Waals surface area (Å²) in [5.41, 5.74) is 7.63. The van der Waals surface area contributed by atoms with E-state index in [0.29, 0.717) is 0 Å². The van der Waals surface area contributed by atoms with Crippen LogP contribution in [0, 0.1) is 0 Å². The number of carbonyl (C=O) groups excluding carboxylic acids is 2. The summed E-state index contributed by atoms with van der Waals surface area (Å²) in [5, 5.41) is 15.0. The number of nitrogens with zero attached hydrogens (tertiary/aromatic N) is 1. The number of aliphatic hydroxyl groups excluding tert-OH is 1. The average Bonchev–Trinajstić information content (AvgIpc) is 3.90. The standard InChI is InChI=1S/C69H73NO9Si/c1-5-74-64(72)44-62(70(45-51-28-12-6-13-29-51)68(73)78-49-61-59-42-26-24-40-57(59)58-41-25-27-43-60(58)61)65(75-46-52-30-14-7-15-31-52)67(77-48-54-34-18-9-19-35-54)66(76-47-53-32-16-8-17-33-53)63(71)50-79-80(69(2,3)4,55-36-20-10-21-37-55)56-38-22-11-23-39-56/h6-43,61-63,65-67,71H,5,44-50H2,1-4H3/t62-,63+,65-,66+,67+/m0/s1. The minimum Gasteiger partial charge on any atom is -0.466 e. The smallest absolute Gasteiger partial charge is 0.410 e. The van der Waals surface area contributed by atoms with Gasteiger partial charge in [0.15, 0.2) is 0 Å². The Morgan fingerprint density at radius 2 is 0.912 bits per heavy atom. The molecule has 0 aliphatic heterocycles. The maximum Gasteiger partial charge on any atom is 0.410 e. The van der Waals surface area contributed by atoms with Gasteiger partial charge >= 0.3 is 12.1 Å². The Balaban J connectivity index is 1.19. The molecule has 412 valence electrons. The summed E-state index contributed by atoms with van der Waals surface area (Å²) in [4.78, 5) is 31.7. The van der Waals surface area contributed by atoms with Crippen molar-refractivity contribution in [2.24, 2.45) is 0 Å². The lowest BCUT2D eigenvalue weighted by atomic mass is 9.93. The Morgan fingerprint density at radius 3 is 1.36 bits per heavy atom. The number of fused-ring (bicyclic) bond motifs is 3. The van der Waals surface area contributed by atoms with Gasteiger partial charge in [0.05, 0.1) is 45.5 Å². The van der Waals surface area contributed by atoms with Crippen LogP contribution in [-0.2, 0) is 59.3 Å². The highest BCUT2D eigenvalue weighted by Crippen LogP contribution is 2.45. The van der Waals surface area contributed by atoms with Crippen molar-refractivity contribution in [3.05, 3.63) is 264 Å². The zero-order valence-electron chi connectivity index (χ0n) is 46.2. The number of amides is 1. The lowest BCUT2D eigenvalue weighted by Gasteiger charge is -2.45. The van der Waals surface area contributed by atoms with Gasteiger partial charge in [-0.1, -0.05) is 251 Å². The van der Waals surface area contributed by atoms with Gasteiger partial charge in [-0.05, 0) is 66.8 Å². The van der Waals surface area contributed by atoms with Gasteiger partial charge in [-0.15, -0.1) is 0 Å². The molecule has 1 amide bonds. The molecule has 1 aliphatic carbocycles. The number of esters is 1. The van der Waals surface area contributed by atoms with Gasteiger partial charge in [-0.2, -0.15) is 0 Å². The molecule has 11 heteroatoms. The molecule has 0 spiro atoms. The second kappa shape index (κ2) is 27.6. The highest BCUT2D eigenvalue weighted by Gasteiger charge is 2.52.